The molecular weight excluding hydrogens is 276 g/mol. The van der Waals surface area contributed by atoms with Crippen LogP contribution in [0, 0.1) is 12.3 Å². The molecule has 21 heavy (non-hydrogen) atoms. The lowest BCUT2D eigenvalue weighted by Crippen LogP contribution is -2.36. The normalized spacial score (nSPS) is 12.4. The first-order valence-electron chi connectivity index (χ1n) is 6.02. The van der Waals surface area contributed by atoms with E-state index in [9.17, 15) is 14.4 Å². The van der Waals surface area contributed by atoms with Crippen LogP contribution in [-0.4, -0.2) is 47.5 Å². The van der Waals surface area contributed by atoms with Crippen LogP contribution in [0.5, 0.6) is 5.75 Å². The number of carbonyl (C=O) groups is 3. The van der Waals surface area contributed by atoms with Crippen LogP contribution in [0.4, 0.5) is 5.69 Å². The van der Waals surface area contributed by atoms with Crippen molar-refractivity contribution in [2.45, 2.75) is 0 Å². The minimum absolute atomic E-state index is 0.111. The summed E-state index contributed by atoms with van der Waals surface area (Å²) in [6.07, 6.45) is 5.14. The maximum absolute atomic E-state index is 12.2. The van der Waals surface area contributed by atoms with Gasteiger partial charge in [0, 0.05) is 5.56 Å². The predicted octanol–water partition coefficient (Wildman–Crippen LogP) is 0.177. The Kier molecular flexibility index (Phi) is 4.09. The third kappa shape index (κ3) is 3.30. The monoisotopic (exact) mass is 288 g/mol. The average Bonchev–Trinajstić information content (AvgIpc) is 2.45. The zero-order valence-corrected chi connectivity index (χ0v) is 11.0. The summed E-state index contributed by atoms with van der Waals surface area (Å²) >= 11 is 0. The molecule has 1 aromatic carbocycles. The molecule has 1 aliphatic heterocycles. The third-order valence-corrected chi connectivity index (χ3v) is 2.76. The number of carbonyl (C=O) groups excluding carboxylic acids is 2. The van der Waals surface area contributed by atoms with E-state index in [-0.39, 0.29) is 24.6 Å². The Labute approximate surface area is 120 Å². The Balaban J connectivity index is 2.24. The van der Waals surface area contributed by atoms with E-state index in [2.05, 4.69) is 11.2 Å². The number of nitrogens with one attached hydrogen (secondary N) is 1. The van der Waals surface area contributed by atoms with E-state index in [0.717, 1.165) is 4.90 Å². The number of hydrogen-bond acceptors (Lipinski definition) is 4. The SMILES string of the molecule is C#CCN(CC(=O)O)C(=O)c1ccc2c(c1)OCC(=O)N2. The molecule has 0 spiro atoms. The molecule has 7 heteroatoms. The molecule has 0 saturated heterocycles. The van der Waals surface area contributed by atoms with Gasteiger partial charge in [0.15, 0.2) is 6.61 Å². The number of hydrogen-bond donors (Lipinski definition) is 2. The zero-order chi connectivity index (χ0) is 15.4. The lowest BCUT2D eigenvalue weighted by atomic mass is 10.1. The molecule has 0 fully saturated rings. The molecule has 1 aromatic rings. The molecular formula is C14H12N2O5. The number of nitrogens with zero attached hydrogens (tertiary/aromatic N) is 1. The van der Waals surface area contributed by atoms with Crippen molar-refractivity contribution in [1.29, 1.82) is 0 Å². The molecule has 108 valence electrons. The van der Waals surface area contributed by atoms with E-state index in [1.807, 2.05) is 0 Å². The quantitative estimate of drug-likeness (QED) is 0.770. The first kappa shape index (κ1) is 14.4. The topological polar surface area (TPSA) is 95.9 Å². The Morgan fingerprint density at radius 3 is 2.90 bits per heavy atom. The summed E-state index contributed by atoms with van der Waals surface area (Å²) in [5, 5.41) is 11.4. The van der Waals surface area contributed by atoms with E-state index in [1.165, 1.54) is 18.2 Å². The molecule has 0 atom stereocenters. The van der Waals surface area contributed by atoms with Crippen LogP contribution < -0.4 is 10.1 Å². The highest BCUT2D eigenvalue weighted by molar-refractivity contribution is 5.99. The highest BCUT2D eigenvalue weighted by Crippen LogP contribution is 2.28. The van der Waals surface area contributed by atoms with Crippen LogP contribution in [0.1, 0.15) is 10.4 Å². The van der Waals surface area contributed by atoms with Crippen molar-refractivity contribution in [2.75, 3.05) is 25.0 Å². The van der Waals surface area contributed by atoms with Gasteiger partial charge in [-0.05, 0) is 18.2 Å². The number of fused-ring (bicyclic) bond motifs is 1. The Bertz CT molecular complexity index is 647. The van der Waals surface area contributed by atoms with Crippen LogP contribution in [-0.2, 0) is 9.59 Å². The second kappa shape index (κ2) is 5.96. The molecule has 0 radical (unpaired) electrons. The summed E-state index contributed by atoms with van der Waals surface area (Å²) in [6, 6.07) is 4.44. The molecule has 0 bridgehead atoms. The summed E-state index contributed by atoms with van der Waals surface area (Å²) in [4.78, 5) is 35.2. The molecule has 0 aliphatic carbocycles. The molecule has 2 amide bonds. The first-order valence-corrected chi connectivity index (χ1v) is 6.02. The van der Waals surface area contributed by atoms with Gasteiger partial charge in [0.2, 0.25) is 0 Å². The zero-order valence-electron chi connectivity index (χ0n) is 11.0. The van der Waals surface area contributed by atoms with Gasteiger partial charge in [-0.25, -0.2) is 0 Å². The molecule has 0 unspecified atom stereocenters. The van der Waals surface area contributed by atoms with Gasteiger partial charge < -0.3 is 20.1 Å². The van der Waals surface area contributed by atoms with Crippen molar-refractivity contribution in [2.24, 2.45) is 0 Å². The van der Waals surface area contributed by atoms with E-state index < -0.39 is 18.4 Å². The lowest BCUT2D eigenvalue weighted by Gasteiger charge is -2.21. The Morgan fingerprint density at radius 1 is 1.48 bits per heavy atom. The van der Waals surface area contributed by atoms with Gasteiger partial charge in [-0.2, -0.15) is 0 Å². The number of terminal acetylenes is 1. The van der Waals surface area contributed by atoms with E-state index >= 15 is 0 Å². The van der Waals surface area contributed by atoms with Crippen LogP contribution in [0.25, 0.3) is 0 Å². The maximum Gasteiger partial charge on any atom is 0.323 e. The molecule has 0 saturated carbocycles. The third-order valence-electron chi connectivity index (χ3n) is 2.76. The smallest absolute Gasteiger partial charge is 0.323 e. The van der Waals surface area contributed by atoms with Crippen LogP contribution in [0.2, 0.25) is 0 Å². The van der Waals surface area contributed by atoms with Crippen molar-refractivity contribution in [3.05, 3.63) is 23.8 Å². The molecule has 1 aliphatic rings. The number of carboxylic acids is 1. The highest BCUT2D eigenvalue weighted by atomic mass is 16.5. The number of ether oxygens (including phenoxy) is 1. The fourth-order valence-electron chi connectivity index (χ4n) is 1.86. The average molecular weight is 288 g/mol. The molecule has 0 aromatic heterocycles. The summed E-state index contributed by atoms with van der Waals surface area (Å²) in [6.45, 7) is -0.731. The Hall–Kier alpha value is -3.01. The van der Waals surface area contributed by atoms with Gasteiger partial charge in [0.1, 0.15) is 12.3 Å². The van der Waals surface area contributed by atoms with Gasteiger partial charge in [0.05, 0.1) is 12.2 Å². The predicted molar refractivity (Wildman–Crippen MR) is 72.9 cm³/mol. The van der Waals surface area contributed by atoms with E-state index in [0.29, 0.717) is 11.4 Å². The van der Waals surface area contributed by atoms with Gasteiger partial charge >= 0.3 is 5.97 Å². The molecule has 1 heterocycles. The number of rotatable bonds is 4. The van der Waals surface area contributed by atoms with Crippen molar-refractivity contribution < 1.29 is 24.2 Å². The first-order chi connectivity index (χ1) is 10.0. The van der Waals surface area contributed by atoms with Crippen LogP contribution in [0.3, 0.4) is 0 Å². The Morgan fingerprint density at radius 2 is 2.24 bits per heavy atom. The maximum atomic E-state index is 12.2. The van der Waals surface area contributed by atoms with Gasteiger partial charge in [-0.3, -0.25) is 14.4 Å². The molecule has 2 rings (SSSR count). The number of anilines is 1. The second-order valence-corrected chi connectivity index (χ2v) is 4.31. The van der Waals surface area contributed by atoms with Gasteiger partial charge in [-0.1, -0.05) is 5.92 Å². The number of aliphatic carboxylic acids is 1. The van der Waals surface area contributed by atoms with Gasteiger partial charge in [0.25, 0.3) is 11.8 Å². The van der Waals surface area contributed by atoms with E-state index in [1.54, 1.807) is 0 Å². The summed E-state index contributed by atoms with van der Waals surface area (Å²) in [7, 11) is 0. The van der Waals surface area contributed by atoms with Crippen LogP contribution >= 0.6 is 0 Å². The summed E-state index contributed by atoms with van der Waals surface area (Å²) in [5.74, 6) is 0.659. The van der Waals surface area contributed by atoms with Crippen LogP contribution in [0.15, 0.2) is 18.2 Å². The van der Waals surface area contributed by atoms with E-state index in [4.69, 9.17) is 16.3 Å². The highest BCUT2D eigenvalue weighted by Gasteiger charge is 2.21. The number of amides is 2. The lowest BCUT2D eigenvalue weighted by molar-refractivity contribution is -0.137. The molecule has 7 nitrogen and oxygen atoms in total. The van der Waals surface area contributed by atoms with Crippen molar-refractivity contribution >= 4 is 23.5 Å². The van der Waals surface area contributed by atoms with Crippen molar-refractivity contribution in [3.63, 3.8) is 0 Å². The second-order valence-electron chi connectivity index (χ2n) is 4.31. The van der Waals surface area contributed by atoms with Crippen molar-refractivity contribution in [1.82, 2.24) is 4.90 Å². The fraction of sp³-hybridized carbons (Fsp3) is 0.214. The molecule has 2 N–H and O–H groups in total. The number of benzene rings is 1. The fourth-order valence-corrected chi connectivity index (χ4v) is 1.86. The number of carboxylic acid groups (broad SMARTS) is 1. The summed E-state index contributed by atoms with van der Waals surface area (Å²) in [5.41, 5.74) is 0.700. The van der Waals surface area contributed by atoms with Gasteiger partial charge in [-0.15, -0.1) is 6.42 Å². The standard InChI is InChI=1S/C14H12N2O5/c1-2-5-16(7-13(18)19)14(20)9-3-4-10-11(6-9)21-8-12(17)15-10/h1,3-4,6H,5,7-8H2,(H,15,17)(H,18,19). The van der Waals surface area contributed by atoms with Crippen molar-refractivity contribution in [3.8, 4) is 18.1 Å². The minimum atomic E-state index is -1.15. The summed E-state index contributed by atoms with van der Waals surface area (Å²) < 4.78 is 5.21. The minimum Gasteiger partial charge on any atom is -0.482 e. The largest absolute Gasteiger partial charge is 0.482 e.